The van der Waals surface area contributed by atoms with E-state index in [1.807, 2.05) is 43.3 Å². The normalized spacial score (nSPS) is 14.0. The van der Waals surface area contributed by atoms with Gasteiger partial charge in [-0.05, 0) is 36.8 Å². The number of carbonyl (C=O) groups is 1. The van der Waals surface area contributed by atoms with Crippen LogP contribution in [-0.2, 0) is 0 Å². The predicted molar refractivity (Wildman–Crippen MR) is 77.6 cm³/mol. The van der Waals surface area contributed by atoms with Gasteiger partial charge >= 0.3 is 0 Å². The van der Waals surface area contributed by atoms with Gasteiger partial charge in [0.15, 0.2) is 11.5 Å². The second-order valence-corrected chi connectivity index (χ2v) is 5.29. The highest BCUT2D eigenvalue weighted by Crippen LogP contribution is 2.31. The Labute approximate surface area is 119 Å². The minimum absolute atomic E-state index is 0.0706. The number of hydroxylamine groups is 1. The Hall–Kier alpha value is -1.81. The number of fused-ring (bicyclic) bond motifs is 1. The van der Waals surface area contributed by atoms with Crippen LogP contribution in [0, 0.1) is 6.92 Å². The number of halogens is 1. The lowest BCUT2D eigenvalue weighted by atomic mass is 10.1. The zero-order valence-electron chi connectivity index (χ0n) is 10.4. The number of carbonyl (C=O) groups excluding carboxylic acids is 1. The molecule has 0 aliphatic carbocycles. The van der Waals surface area contributed by atoms with Gasteiger partial charge in [0.1, 0.15) is 6.54 Å². The maximum absolute atomic E-state index is 12.1. The molecule has 2 aromatic carbocycles. The van der Waals surface area contributed by atoms with E-state index in [4.69, 9.17) is 4.84 Å². The van der Waals surface area contributed by atoms with Crippen molar-refractivity contribution in [3.05, 3.63) is 58.1 Å². The lowest BCUT2D eigenvalue weighted by Gasteiger charge is -2.30. The van der Waals surface area contributed by atoms with Gasteiger partial charge in [-0.2, -0.15) is 0 Å². The first-order chi connectivity index (χ1) is 9.16. The van der Waals surface area contributed by atoms with Gasteiger partial charge in [-0.3, -0.25) is 4.79 Å². The van der Waals surface area contributed by atoms with Gasteiger partial charge < -0.3 is 4.84 Å². The number of hydrogen-bond acceptors (Lipinski definition) is 3. The molecule has 1 aliphatic rings. The maximum Gasteiger partial charge on any atom is 0.189 e. The van der Waals surface area contributed by atoms with E-state index >= 15 is 0 Å². The third kappa shape index (κ3) is 2.12. The van der Waals surface area contributed by atoms with Crippen LogP contribution in [0.15, 0.2) is 46.9 Å². The Kier molecular flexibility index (Phi) is 3.03. The highest BCUT2D eigenvalue weighted by atomic mass is 79.9. The molecular formula is C15H12BrNO2. The first kappa shape index (κ1) is 12.2. The van der Waals surface area contributed by atoms with Crippen molar-refractivity contribution in [3.8, 4) is 5.75 Å². The summed E-state index contributed by atoms with van der Waals surface area (Å²) in [5.74, 6) is 0.680. The van der Waals surface area contributed by atoms with E-state index in [1.165, 1.54) is 0 Å². The Morgan fingerprint density at radius 2 is 1.95 bits per heavy atom. The van der Waals surface area contributed by atoms with Crippen LogP contribution >= 0.6 is 15.9 Å². The second kappa shape index (κ2) is 4.70. The third-order valence-electron chi connectivity index (χ3n) is 3.19. The number of Topliss-reactive ketones (excluding diaryl/α,β-unsaturated/α-hetero) is 1. The first-order valence-corrected chi connectivity index (χ1v) is 6.79. The van der Waals surface area contributed by atoms with Gasteiger partial charge in [-0.15, -0.1) is 0 Å². The number of anilines is 1. The van der Waals surface area contributed by atoms with Crippen LogP contribution in [-0.4, -0.2) is 12.3 Å². The monoisotopic (exact) mass is 317 g/mol. The average Bonchev–Trinajstić information content (AvgIpc) is 2.42. The Morgan fingerprint density at radius 3 is 2.79 bits per heavy atom. The molecular weight excluding hydrogens is 306 g/mol. The van der Waals surface area contributed by atoms with E-state index in [0.717, 1.165) is 15.7 Å². The van der Waals surface area contributed by atoms with Crippen LogP contribution in [0.2, 0.25) is 0 Å². The predicted octanol–water partition coefficient (Wildman–Crippen LogP) is 3.75. The highest BCUT2D eigenvalue weighted by molar-refractivity contribution is 9.10. The third-order valence-corrected chi connectivity index (χ3v) is 4.05. The molecule has 0 fully saturated rings. The molecule has 19 heavy (non-hydrogen) atoms. The number of benzene rings is 2. The summed E-state index contributed by atoms with van der Waals surface area (Å²) in [6.45, 7) is 2.22. The van der Waals surface area contributed by atoms with E-state index in [0.29, 0.717) is 11.3 Å². The van der Waals surface area contributed by atoms with E-state index in [1.54, 1.807) is 11.1 Å². The zero-order valence-corrected chi connectivity index (χ0v) is 12.0. The van der Waals surface area contributed by atoms with Crippen molar-refractivity contribution in [3.63, 3.8) is 0 Å². The van der Waals surface area contributed by atoms with Crippen LogP contribution in [0.25, 0.3) is 0 Å². The van der Waals surface area contributed by atoms with E-state index < -0.39 is 0 Å². The molecule has 2 aromatic rings. The van der Waals surface area contributed by atoms with E-state index in [-0.39, 0.29) is 12.3 Å². The summed E-state index contributed by atoms with van der Waals surface area (Å²) < 4.78 is 1.000. The summed E-state index contributed by atoms with van der Waals surface area (Å²) in [5.41, 5.74) is 2.60. The fourth-order valence-electron chi connectivity index (χ4n) is 2.14. The van der Waals surface area contributed by atoms with Crippen LogP contribution < -0.4 is 9.90 Å². The fourth-order valence-corrected chi connectivity index (χ4v) is 2.50. The first-order valence-electron chi connectivity index (χ1n) is 5.99. The van der Waals surface area contributed by atoms with Gasteiger partial charge in [0.2, 0.25) is 0 Å². The number of ketones is 1. The largest absolute Gasteiger partial charge is 0.378 e. The summed E-state index contributed by atoms with van der Waals surface area (Å²) in [6, 6.07) is 13.2. The summed E-state index contributed by atoms with van der Waals surface area (Å²) >= 11 is 3.49. The molecule has 4 heteroatoms. The minimum Gasteiger partial charge on any atom is -0.378 e. The summed E-state index contributed by atoms with van der Waals surface area (Å²) in [7, 11) is 0. The van der Waals surface area contributed by atoms with Gasteiger partial charge in [0, 0.05) is 4.47 Å². The van der Waals surface area contributed by atoms with Gasteiger partial charge in [0.25, 0.3) is 0 Å². The molecule has 0 saturated heterocycles. The van der Waals surface area contributed by atoms with Crippen molar-refractivity contribution in [2.24, 2.45) is 0 Å². The van der Waals surface area contributed by atoms with Gasteiger partial charge in [-0.1, -0.05) is 34.1 Å². The molecule has 3 nitrogen and oxygen atoms in total. The molecule has 1 heterocycles. The quantitative estimate of drug-likeness (QED) is 0.802. The van der Waals surface area contributed by atoms with Gasteiger partial charge in [-0.25, -0.2) is 5.06 Å². The number of hydrogen-bond donors (Lipinski definition) is 0. The fraction of sp³-hybridized carbons (Fsp3) is 0.133. The molecule has 96 valence electrons. The van der Waals surface area contributed by atoms with Crippen LogP contribution in [0.5, 0.6) is 5.75 Å². The molecule has 0 aromatic heterocycles. The van der Waals surface area contributed by atoms with Crippen molar-refractivity contribution >= 4 is 27.4 Å². The molecule has 1 aliphatic heterocycles. The Balaban J connectivity index is 2.02. The number of para-hydroxylation sites is 1. The van der Waals surface area contributed by atoms with Crippen molar-refractivity contribution < 1.29 is 9.63 Å². The number of rotatable bonds is 1. The Morgan fingerprint density at radius 1 is 1.16 bits per heavy atom. The van der Waals surface area contributed by atoms with Crippen molar-refractivity contribution in [2.75, 3.05) is 11.6 Å². The molecule has 0 spiro atoms. The molecule has 0 bridgehead atoms. The molecule has 0 atom stereocenters. The van der Waals surface area contributed by atoms with Crippen LogP contribution in [0.3, 0.4) is 0 Å². The number of nitrogens with zero attached hydrogens (tertiary/aromatic N) is 1. The van der Waals surface area contributed by atoms with E-state index in [9.17, 15) is 4.79 Å². The summed E-state index contributed by atoms with van der Waals surface area (Å²) in [6.07, 6.45) is 0. The highest BCUT2D eigenvalue weighted by Gasteiger charge is 2.25. The molecule has 0 unspecified atom stereocenters. The van der Waals surface area contributed by atoms with Crippen LogP contribution in [0.1, 0.15) is 15.9 Å². The van der Waals surface area contributed by atoms with Gasteiger partial charge in [0.05, 0.1) is 11.3 Å². The molecule has 0 N–H and O–H groups in total. The topological polar surface area (TPSA) is 29.5 Å². The van der Waals surface area contributed by atoms with Crippen molar-refractivity contribution in [1.82, 2.24) is 0 Å². The SMILES string of the molecule is Cc1c(Br)cccc1N1CC(=O)c2ccccc2O1. The second-order valence-electron chi connectivity index (χ2n) is 4.43. The molecule has 0 saturated carbocycles. The average molecular weight is 318 g/mol. The van der Waals surface area contributed by atoms with E-state index in [2.05, 4.69) is 15.9 Å². The van der Waals surface area contributed by atoms with Crippen molar-refractivity contribution in [2.45, 2.75) is 6.92 Å². The molecule has 0 amide bonds. The lowest BCUT2D eigenvalue weighted by molar-refractivity contribution is 0.0942. The summed E-state index contributed by atoms with van der Waals surface area (Å²) in [4.78, 5) is 17.9. The zero-order chi connectivity index (χ0) is 13.4. The Bertz CT molecular complexity index is 654. The lowest BCUT2D eigenvalue weighted by Crippen LogP contribution is -2.38. The maximum atomic E-state index is 12.1. The summed E-state index contributed by atoms with van der Waals surface area (Å²) in [5, 5.41) is 1.64. The standard InChI is InChI=1S/C15H12BrNO2/c1-10-12(16)6-4-7-13(10)17-9-14(18)11-5-2-3-8-15(11)19-17/h2-8H,9H2,1H3. The smallest absolute Gasteiger partial charge is 0.189 e. The molecule has 3 rings (SSSR count). The molecule has 0 radical (unpaired) electrons. The minimum atomic E-state index is 0.0706. The van der Waals surface area contributed by atoms with Crippen molar-refractivity contribution in [1.29, 1.82) is 0 Å². The van der Waals surface area contributed by atoms with Crippen LogP contribution in [0.4, 0.5) is 5.69 Å².